The monoisotopic (exact) mass is 354 g/mol. The summed E-state index contributed by atoms with van der Waals surface area (Å²) in [5.41, 5.74) is 0.597. The molecule has 0 unspecified atom stereocenters. The van der Waals surface area contributed by atoms with E-state index in [1.165, 1.54) is 6.20 Å². The minimum atomic E-state index is -3.70. The van der Waals surface area contributed by atoms with E-state index >= 15 is 0 Å². The first-order chi connectivity index (χ1) is 10.8. The summed E-state index contributed by atoms with van der Waals surface area (Å²) in [7, 11) is -3.70. The van der Waals surface area contributed by atoms with Crippen molar-refractivity contribution in [3.63, 3.8) is 0 Å². The highest BCUT2D eigenvalue weighted by atomic mass is 35.5. The molecule has 0 N–H and O–H groups in total. The van der Waals surface area contributed by atoms with Gasteiger partial charge in [-0.1, -0.05) is 23.7 Å². The first kappa shape index (κ1) is 17.8. The van der Waals surface area contributed by atoms with Crippen molar-refractivity contribution in [3.05, 3.63) is 46.0 Å². The minimum Gasteiger partial charge on any atom is -0.372 e. The van der Waals surface area contributed by atoms with Gasteiger partial charge in [0, 0.05) is 24.3 Å². The number of morpholine rings is 1. The van der Waals surface area contributed by atoms with Crippen molar-refractivity contribution in [2.24, 2.45) is 0 Å². The summed E-state index contributed by atoms with van der Waals surface area (Å²) >= 11 is 5.80. The summed E-state index contributed by atoms with van der Waals surface area (Å²) in [6, 6.07) is 8.37. The molecule has 1 aliphatic rings. The van der Waals surface area contributed by atoms with E-state index in [-0.39, 0.29) is 22.9 Å². The number of benzene rings is 1. The Balaban J connectivity index is 2.19. The summed E-state index contributed by atoms with van der Waals surface area (Å²) in [5, 5.41) is 9.81. The van der Waals surface area contributed by atoms with E-state index in [1.54, 1.807) is 24.3 Å². The van der Waals surface area contributed by atoms with Crippen LogP contribution in [0.4, 0.5) is 0 Å². The molecule has 0 amide bonds. The van der Waals surface area contributed by atoms with E-state index in [2.05, 4.69) is 0 Å². The largest absolute Gasteiger partial charge is 0.372 e. The molecular formula is C16H19ClN2O3S. The summed E-state index contributed by atoms with van der Waals surface area (Å²) in [6.45, 7) is 4.97. The van der Waals surface area contributed by atoms with E-state index in [9.17, 15) is 13.7 Å². The third kappa shape index (κ3) is 4.96. The van der Waals surface area contributed by atoms with E-state index in [1.807, 2.05) is 24.8 Å². The van der Waals surface area contributed by atoms with Crippen molar-refractivity contribution in [1.82, 2.24) is 4.90 Å². The van der Waals surface area contributed by atoms with Gasteiger partial charge in [0.2, 0.25) is 0 Å². The van der Waals surface area contributed by atoms with Crippen LogP contribution in [0, 0.1) is 11.3 Å². The summed E-state index contributed by atoms with van der Waals surface area (Å²) in [5.74, 6) is -0.223. The number of nitrogens with zero attached hydrogens (tertiary/aromatic N) is 2. The van der Waals surface area contributed by atoms with Crippen LogP contribution in [-0.4, -0.2) is 38.6 Å². The molecule has 2 rings (SSSR count). The van der Waals surface area contributed by atoms with Gasteiger partial charge in [0.15, 0.2) is 14.7 Å². The van der Waals surface area contributed by atoms with Crippen LogP contribution in [0.15, 0.2) is 35.4 Å². The number of allylic oxidation sites excluding steroid dienone is 1. The van der Waals surface area contributed by atoms with Crippen molar-refractivity contribution in [2.75, 3.05) is 13.1 Å². The molecule has 5 nitrogen and oxygen atoms in total. The fourth-order valence-corrected chi connectivity index (χ4v) is 3.91. The number of ether oxygens (including phenoxy) is 1. The van der Waals surface area contributed by atoms with E-state index in [0.717, 1.165) is 0 Å². The smallest absolute Gasteiger partial charge is 0.193 e. The van der Waals surface area contributed by atoms with Crippen molar-refractivity contribution in [3.8, 4) is 6.07 Å². The third-order valence-electron chi connectivity index (χ3n) is 3.46. The zero-order valence-electron chi connectivity index (χ0n) is 13.1. The van der Waals surface area contributed by atoms with Gasteiger partial charge in [-0.25, -0.2) is 8.42 Å². The molecule has 23 heavy (non-hydrogen) atoms. The van der Waals surface area contributed by atoms with Crippen LogP contribution in [0.1, 0.15) is 19.4 Å². The maximum absolute atomic E-state index is 12.5. The Morgan fingerprint density at radius 1 is 1.35 bits per heavy atom. The van der Waals surface area contributed by atoms with E-state index in [0.29, 0.717) is 23.7 Å². The predicted octanol–water partition coefficient (Wildman–Crippen LogP) is 2.73. The highest BCUT2D eigenvalue weighted by Crippen LogP contribution is 2.19. The quantitative estimate of drug-likeness (QED) is 0.777. The average molecular weight is 355 g/mol. The second-order valence-electron chi connectivity index (χ2n) is 5.70. The zero-order valence-corrected chi connectivity index (χ0v) is 14.6. The molecular weight excluding hydrogens is 336 g/mol. The maximum atomic E-state index is 12.5. The normalized spacial score (nSPS) is 22.7. The van der Waals surface area contributed by atoms with Crippen molar-refractivity contribution in [2.45, 2.75) is 31.8 Å². The molecule has 1 saturated heterocycles. The van der Waals surface area contributed by atoms with Gasteiger partial charge < -0.3 is 9.64 Å². The van der Waals surface area contributed by atoms with Gasteiger partial charge in [0.25, 0.3) is 0 Å². The molecule has 1 heterocycles. The minimum absolute atomic E-state index is 0.00564. The number of rotatable bonds is 4. The van der Waals surface area contributed by atoms with Crippen LogP contribution in [-0.2, 0) is 20.3 Å². The first-order valence-corrected chi connectivity index (χ1v) is 9.32. The number of hydrogen-bond acceptors (Lipinski definition) is 5. The van der Waals surface area contributed by atoms with Crippen LogP contribution < -0.4 is 0 Å². The molecule has 0 radical (unpaired) electrons. The standard InChI is InChI=1S/C16H19ClN2O3S/c1-12-8-19(9-13(2)22-12)10-16(7-18)23(20,21)11-14-3-5-15(17)6-4-14/h3-6,10,12-13H,8-9,11H2,1-2H3/b16-10+/t12-,13-/m0/s1. The Morgan fingerprint density at radius 3 is 2.43 bits per heavy atom. The molecule has 0 spiro atoms. The number of halogens is 1. The topological polar surface area (TPSA) is 70.4 Å². The number of nitriles is 1. The molecule has 0 aliphatic carbocycles. The molecule has 124 valence electrons. The van der Waals surface area contributed by atoms with Crippen molar-refractivity contribution in [1.29, 1.82) is 5.26 Å². The highest BCUT2D eigenvalue weighted by molar-refractivity contribution is 7.94. The Morgan fingerprint density at radius 2 is 1.91 bits per heavy atom. The van der Waals surface area contributed by atoms with Gasteiger partial charge in [-0.3, -0.25) is 0 Å². The third-order valence-corrected chi connectivity index (χ3v) is 5.30. The Hall–Kier alpha value is -1.55. The van der Waals surface area contributed by atoms with Crippen LogP contribution in [0.5, 0.6) is 0 Å². The summed E-state index contributed by atoms with van der Waals surface area (Å²) < 4.78 is 30.6. The Bertz CT molecular complexity index is 713. The van der Waals surface area contributed by atoms with E-state index < -0.39 is 9.84 Å². The van der Waals surface area contributed by atoms with Gasteiger partial charge >= 0.3 is 0 Å². The molecule has 0 bridgehead atoms. The van der Waals surface area contributed by atoms with Crippen LogP contribution >= 0.6 is 11.6 Å². The highest BCUT2D eigenvalue weighted by Gasteiger charge is 2.24. The number of hydrogen-bond donors (Lipinski definition) is 0. The predicted molar refractivity (Wildman–Crippen MR) is 89.4 cm³/mol. The second kappa shape index (κ2) is 7.35. The molecule has 0 aromatic heterocycles. The van der Waals surface area contributed by atoms with Crippen molar-refractivity contribution >= 4 is 21.4 Å². The fourth-order valence-electron chi connectivity index (χ4n) is 2.55. The SMILES string of the molecule is C[C@H]1CN(/C=C(\C#N)S(=O)(=O)Cc2ccc(Cl)cc2)C[C@H](C)O1. The van der Waals surface area contributed by atoms with Crippen LogP contribution in [0.25, 0.3) is 0 Å². The van der Waals surface area contributed by atoms with Gasteiger partial charge in [-0.05, 0) is 31.5 Å². The van der Waals surface area contributed by atoms with Gasteiger partial charge in [0.1, 0.15) is 6.07 Å². The fraction of sp³-hybridized carbons (Fsp3) is 0.438. The molecule has 1 fully saturated rings. The lowest BCUT2D eigenvalue weighted by Gasteiger charge is -2.34. The molecule has 1 aromatic carbocycles. The van der Waals surface area contributed by atoms with E-state index in [4.69, 9.17) is 16.3 Å². The van der Waals surface area contributed by atoms with Crippen LogP contribution in [0.3, 0.4) is 0 Å². The van der Waals surface area contributed by atoms with Gasteiger partial charge in [0.05, 0.1) is 18.0 Å². The second-order valence-corrected chi connectivity index (χ2v) is 8.10. The van der Waals surface area contributed by atoms with Gasteiger partial charge in [-0.15, -0.1) is 0 Å². The summed E-state index contributed by atoms with van der Waals surface area (Å²) in [6.07, 6.45) is 1.42. The molecule has 0 saturated carbocycles. The molecule has 1 aliphatic heterocycles. The summed E-state index contributed by atoms with van der Waals surface area (Å²) in [4.78, 5) is 1.60. The molecule has 1 aromatic rings. The molecule has 2 atom stereocenters. The average Bonchev–Trinajstić information content (AvgIpc) is 2.46. The Kier molecular flexibility index (Phi) is 5.69. The number of sulfone groups is 1. The lowest BCUT2D eigenvalue weighted by molar-refractivity contribution is -0.0541. The first-order valence-electron chi connectivity index (χ1n) is 7.29. The maximum Gasteiger partial charge on any atom is 0.193 e. The van der Waals surface area contributed by atoms with Gasteiger partial charge in [-0.2, -0.15) is 5.26 Å². The zero-order chi connectivity index (χ0) is 17.0. The lowest BCUT2D eigenvalue weighted by Crippen LogP contribution is -2.42. The lowest BCUT2D eigenvalue weighted by atomic mass is 10.2. The molecule has 7 heteroatoms. The van der Waals surface area contributed by atoms with Crippen molar-refractivity contribution < 1.29 is 13.2 Å². The Labute approximate surface area is 142 Å². The van der Waals surface area contributed by atoms with Crippen LogP contribution in [0.2, 0.25) is 5.02 Å².